The van der Waals surface area contributed by atoms with Gasteiger partial charge in [-0.1, -0.05) is 19.1 Å². The van der Waals surface area contributed by atoms with Gasteiger partial charge in [-0.3, -0.25) is 19.6 Å². The molecule has 4 rings (SSSR count). The molecule has 142 valence electrons. The van der Waals surface area contributed by atoms with Crippen LogP contribution in [0.3, 0.4) is 0 Å². The molecule has 0 aliphatic carbocycles. The number of rotatable bonds is 4. The maximum Gasteiger partial charge on any atom is 0.280 e. The third-order valence-electron chi connectivity index (χ3n) is 5.78. The maximum absolute atomic E-state index is 13.1. The zero-order valence-corrected chi connectivity index (χ0v) is 16.2. The zero-order valence-electron chi connectivity index (χ0n) is 16.2. The third-order valence-corrected chi connectivity index (χ3v) is 5.78. The normalized spacial score (nSPS) is 17.8. The van der Waals surface area contributed by atoms with Crippen molar-refractivity contribution in [1.29, 1.82) is 0 Å². The average Bonchev–Trinajstić information content (AvgIpc) is 3.22. The number of nitrogens with zero attached hydrogens (tertiary/aromatic N) is 3. The van der Waals surface area contributed by atoms with Crippen LogP contribution in [0, 0.1) is 13.8 Å². The van der Waals surface area contributed by atoms with E-state index in [1.807, 2.05) is 38.1 Å². The fourth-order valence-electron chi connectivity index (χ4n) is 4.31. The molecule has 1 aliphatic rings. The molecule has 0 bridgehead atoms. The van der Waals surface area contributed by atoms with E-state index in [0.717, 1.165) is 36.5 Å². The number of fused-ring (bicyclic) bond motifs is 1. The maximum atomic E-state index is 13.1. The second-order valence-electron chi connectivity index (χ2n) is 7.48. The van der Waals surface area contributed by atoms with Crippen LogP contribution in [0.25, 0.3) is 16.6 Å². The summed E-state index contributed by atoms with van der Waals surface area (Å²) in [5.74, 6) is 0. The fraction of sp³-hybridized carbons (Fsp3) is 0.429. The van der Waals surface area contributed by atoms with E-state index in [2.05, 4.69) is 16.9 Å². The van der Waals surface area contributed by atoms with Crippen LogP contribution in [0.5, 0.6) is 0 Å². The summed E-state index contributed by atoms with van der Waals surface area (Å²) < 4.78 is 3.30. The summed E-state index contributed by atoms with van der Waals surface area (Å²) in [6.07, 6.45) is 2.26. The largest absolute Gasteiger partial charge is 0.310 e. The second-order valence-corrected chi connectivity index (χ2v) is 7.48. The van der Waals surface area contributed by atoms with E-state index < -0.39 is 0 Å². The van der Waals surface area contributed by atoms with Gasteiger partial charge in [-0.2, -0.15) is 0 Å². The highest BCUT2D eigenvalue weighted by molar-refractivity contribution is 5.80. The summed E-state index contributed by atoms with van der Waals surface area (Å²) >= 11 is 0. The first-order valence-electron chi connectivity index (χ1n) is 9.66. The number of likely N-dealkylation sites (tertiary alicyclic amines) is 1. The minimum Gasteiger partial charge on any atom is -0.310 e. The second kappa shape index (κ2) is 6.85. The smallest absolute Gasteiger partial charge is 0.280 e. The molecule has 0 spiro atoms. The van der Waals surface area contributed by atoms with Crippen LogP contribution in [0.15, 0.2) is 39.9 Å². The van der Waals surface area contributed by atoms with Crippen molar-refractivity contribution in [3.8, 4) is 5.69 Å². The molecule has 2 aromatic heterocycles. The van der Waals surface area contributed by atoms with Gasteiger partial charge in [0.1, 0.15) is 0 Å². The van der Waals surface area contributed by atoms with E-state index in [4.69, 9.17) is 0 Å². The number of hydrogen-bond donors (Lipinski definition) is 1. The molecular weight excluding hydrogens is 340 g/mol. The van der Waals surface area contributed by atoms with Crippen molar-refractivity contribution in [2.24, 2.45) is 0 Å². The van der Waals surface area contributed by atoms with Gasteiger partial charge in [0.2, 0.25) is 0 Å². The molecule has 3 aromatic rings. The lowest BCUT2D eigenvalue weighted by atomic mass is 10.2. The Labute approximate surface area is 158 Å². The average molecular weight is 366 g/mol. The van der Waals surface area contributed by atoms with Gasteiger partial charge in [0, 0.05) is 24.3 Å². The number of aromatic nitrogens is 3. The zero-order chi connectivity index (χ0) is 19.1. The first-order chi connectivity index (χ1) is 13.0. The topological polar surface area (TPSA) is 63.0 Å². The van der Waals surface area contributed by atoms with Crippen molar-refractivity contribution in [3.05, 3.63) is 62.3 Å². The Morgan fingerprint density at radius 2 is 2.00 bits per heavy atom. The van der Waals surface area contributed by atoms with Gasteiger partial charge in [-0.25, -0.2) is 4.68 Å². The van der Waals surface area contributed by atoms with Crippen molar-refractivity contribution in [2.75, 3.05) is 13.1 Å². The van der Waals surface area contributed by atoms with Gasteiger partial charge in [-0.05, 0) is 57.5 Å². The predicted molar refractivity (Wildman–Crippen MR) is 108 cm³/mol. The van der Waals surface area contributed by atoms with Crippen molar-refractivity contribution in [3.63, 3.8) is 0 Å². The molecule has 1 unspecified atom stereocenters. The summed E-state index contributed by atoms with van der Waals surface area (Å²) in [4.78, 5) is 28.3. The van der Waals surface area contributed by atoms with E-state index in [1.54, 1.807) is 10.6 Å². The first-order valence-corrected chi connectivity index (χ1v) is 9.66. The highest BCUT2D eigenvalue weighted by Gasteiger charge is 2.25. The third kappa shape index (κ3) is 3.04. The van der Waals surface area contributed by atoms with Crippen LogP contribution in [0.2, 0.25) is 0 Å². The molecule has 0 amide bonds. The standard InChI is InChI=1S/C21H26N4O2/c1-4-23-10-6-9-17(23)13-24-15(3)20-18(12-19(24)26)22-25(21(20)27)16-8-5-7-14(2)11-16/h5,7-8,11-12,17,22H,4,6,9-10,13H2,1-3H3. The van der Waals surface area contributed by atoms with Crippen LogP contribution in [0.1, 0.15) is 31.0 Å². The van der Waals surface area contributed by atoms with Gasteiger partial charge in [0.25, 0.3) is 11.1 Å². The van der Waals surface area contributed by atoms with E-state index in [9.17, 15) is 9.59 Å². The monoisotopic (exact) mass is 366 g/mol. The Morgan fingerprint density at radius 1 is 1.19 bits per heavy atom. The molecule has 1 aliphatic heterocycles. The van der Waals surface area contributed by atoms with Crippen molar-refractivity contribution < 1.29 is 0 Å². The number of nitrogens with one attached hydrogen (secondary N) is 1. The van der Waals surface area contributed by atoms with E-state index in [1.165, 1.54) is 11.1 Å². The lowest BCUT2D eigenvalue weighted by Crippen LogP contribution is -2.36. The summed E-state index contributed by atoms with van der Waals surface area (Å²) in [5, 5.41) is 3.70. The quantitative estimate of drug-likeness (QED) is 0.772. The lowest BCUT2D eigenvalue weighted by molar-refractivity contribution is 0.242. The molecule has 0 saturated carbocycles. The molecule has 27 heavy (non-hydrogen) atoms. The number of pyridine rings is 1. The summed E-state index contributed by atoms with van der Waals surface area (Å²) in [7, 11) is 0. The van der Waals surface area contributed by atoms with Crippen LogP contribution in [-0.2, 0) is 6.54 Å². The van der Waals surface area contributed by atoms with Crippen LogP contribution < -0.4 is 11.1 Å². The number of H-pyrrole nitrogens is 1. The Kier molecular flexibility index (Phi) is 4.52. The lowest BCUT2D eigenvalue weighted by Gasteiger charge is -2.24. The summed E-state index contributed by atoms with van der Waals surface area (Å²) in [6.45, 7) is 8.75. The van der Waals surface area contributed by atoms with Gasteiger partial charge >= 0.3 is 0 Å². The summed E-state index contributed by atoms with van der Waals surface area (Å²) in [6, 6.07) is 9.68. The van der Waals surface area contributed by atoms with Gasteiger partial charge in [0.15, 0.2) is 0 Å². The molecule has 1 atom stereocenters. The molecular formula is C21H26N4O2. The Balaban J connectivity index is 1.83. The van der Waals surface area contributed by atoms with Crippen molar-refractivity contribution in [2.45, 2.75) is 46.2 Å². The number of aryl methyl sites for hydroxylation is 2. The van der Waals surface area contributed by atoms with Crippen molar-refractivity contribution in [1.82, 2.24) is 19.2 Å². The minimum absolute atomic E-state index is 0.0550. The number of likely N-dealkylation sites (N-methyl/N-ethyl adjacent to an activating group) is 1. The van der Waals surface area contributed by atoms with Crippen LogP contribution >= 0.6 is 0 Å². The first kappa shape index (κ1) is 17.8. The highest BCUT2D eigenvalue weighted by Crippen LogP contribution is 2.20. The molecule has 1 N–H and O–H groups in total. The van der Waals surface area contributed by atoms with Gasteiger partial charge < -0.3 is 4.57 Å². The van der Waals surface area contributed by atoms with Gasteiger partial charge in [0.05, 0.1) is 16.6 Å². The van der Waals surface area contributed by atoms with E-state index >= 15 is 0 Å². The molecule has 6 heteroatoms. The van der Waals surface area contributed by atoms with Crippen LogP contribution in [0.4, 0.5) is 0 Å². The van der Waals surface area contributed by atoms with Gasteiger partial charge in [-0.15, -0.1) is 0 Å². The highest BCUT2D eigenvalue weighted by atomic mass is 16.1. The fourth-order valence-corrected chi connectivity index (χ4v) is 4.31. The molecule has 0 radical (unpaired) electrons. The Bertz CT molecular complexity index is 1110. The van der Waals surface area contributed by atoms with Crippen LogP contribution in [-0.4, -0.2) is 38.4 Å². The molecule has 1 aromatic carbocycles. The van der Waals surface area contributed by atoms with E-state index in [0.29, 0.717) is 23.5 Å². The Morgan fingerprint density at radius 3 is 2.74 bits per heavy atom. The number of hydrogen-bond acceptors (Lipinski definition) is 3. The number of aromatic amines is 1. The SMILES string of the molecule is CCN1CCCC1Cn1c(C)c2c(=O)n(-c3cccc(C)c3)[nH]c2cc1=O. The molecule has 1 fully saturated rings. The van der Waals surface area contributed by atoms with Crippen molar-refractivity contribution >= 4 is 10.9 Å². The Hall–Kier alpha value is -2.60. The molecule has 6 nitrogen and oxygen atoms in total. The minimum atomic E-state index is -0.111. The molecule has 3 heterocycles. The molecule has 1 saturated heterocycles. The number of benzene rings is 1. The summed E-state index contributed by atoms with van der Waals surface area (Å²) in [5.41, 5.74) is 3.03. The predicted octanol–water partition coefficient (Wildman–Crippen LogP) is 2.58. The van der Waals surface area contributed by atoms with E-state index in [-0.39, 0.29) is 11.1 Å².